The molecule has 0 spiro atoms. The van der Waals surface area contributed by atoms with Gasteiger partial charge in [0.15, 0.2) is 0 Å². The van der Waals surface area contributed by atoms with E-state index in [9.17, 15) is 4.79 Å². The van der Waals surface area contributed by atoms with Gasteiger partial charge in [0.05, 0.1) is 11.0 Å². The van der Waals surface area contributed by atoms with E-state index in [4.69, 9.17) is 4.98 Å². The number of aryl methyl sites for hydroxylation is 2. The Kier molecular flexibility index (Phi) is 4.27. The zero-order chi connectivity index (χ0) is 18.3. The second-order valence-corrected chi connectivity index (χ2v) is 7.23. The van der Waals surface area contributed by atoms with E-state index >= 15 is 0 Å². The molecule has 0 N–H and O–H groups in total. The summed E-state index contributed by atoms with van der Waals surface area (Å²) in [6.07, 6.45) is 1.58. The molecule has 3 aromatic rings. The molecule has 4 nitrogen and oxygen atoms in total. The molecule has 1 saturated heterocycles. The normalized spacial score (nSPS) is 17.4. The van der Waals surface area contributed by atoms with E-state index in [2.05, 4.69) is 55.7 Å². The predicted molar refractivity (Wildman–Crippen MR) is 106 cm³/mol. The van der Waals surface area contributed by atoms with Gasteiger partial charge in [0.25, 0.3) is 0 Å². The van der Waals surface area contributed by atoms with Gasteiger partial charge in [0.1, 0.15) is 5.82 Å². The minimum Gasteiger partial charge on any atom is -0.328 e. The standard InChI is InChI=1S/C22H25N3O/c1-4-12-24-20-10-6-5-9-18(20)23-22(24)17-13-21(26)25(14-17)19-11-7-8-15(2)16(19)3/h5-11,17H,4,12-14H2,1-3H3. The fourth-order valence-corrected chi connectivity index (χ4v) is 4.01. The second-order valence-electron chi connectivity index (χ2n) is 7.23. The maximum Gasteiger partial charge on any atom is 0.227 e. The number of carbonyl (C=O) groups is 1. The largest absolute Gasteiger partial charge is 0.328 e. The molecule has 26 heavy (non-hydrogen) atoms. The molecule has 1 amide bonds. The van der Waals surface area contributed by atoms with Crippen LogP contribution in [0.15, 0.2) is 42.5 Å². The molecule has 0 saturated carbocycles. The number of nitrogens with zero attached hydrogens (tertiary/aromatic N) is 3. The lowest BCUT2D eigenvalue weighted by Crippen LogP contribution is -2.25. The maximum absolute atomic E-state index is 12.8. The van der Waals surface area contributed by atoms with Gasteiger partial charge in [-0.25, -0.2) is 4.98 Å². The summed E-state index contributed by atoms with van der Waals surface area (Å²) in [6.45, 7) is 8.01. The van der Waals surface area contributed by atoms with E-state index in [0.717, 1.165) is 30.0 Å². The molecule has 0 aliphatic carbocycles. The summed E-state index contributed by atoms with van der Waals surface area (Å²) in [5, 5.41) is 0. The Morgan fingerprint density at radius 3 is 2.73 bits per heavy atom. The quantitative estimate of drug-likeness (QED) is 0.693. The Morgan fingerprint density at radius 2 is 1.92 bits per heavy atom. The van der Waals surface area contributed by atoms with Crippen LogP contribution in [-0.2, 0) is 11.3 Å². The summed E-state index contributed by atoms with van der Waals surface area (Å²) >= 11 is 0. The van der Waals surface area contributed by atoms with Crippen LogP contribution in [-0.4, -0.2) is 22.0 Å². The minimum absolute atomic E-state index is 0.140. The van der Waals surface area contributed by atoms with Crippen LogP contribution in [0.4, 0.5) is 5.69 Å². The number of carbonyl (C=O) groups excluding carboxylic acids is 1. The van der Waals surface area contributed by atoms with Gasteiger partial charge < -0.3 is 9.47 Å². The number of aromatic nitrogens is 2. The fraction of sp³-hybridized carbons (Fsp3) is 0.364. The van der Waals surface area contributed by atoms with Crippen LogP contribution in [0.1, 0.15) is 42.6 Å². The number of para-hydroxylation sites is 2. The first-order valence-electron chi connectivity index (χ1n) is 9.42. The van der Waals surface area contributed by atoms with Gasteiger partial charge in [-0.1, -0.05) is 31.2 Å². The van der Waals surface area contributed by atoms with Crippen molar-refractivity contribution >= 4 is 22.6 Å². The van der Waals surface area contributed by atoms with E-state index < -0.39 is 0 Å². The second kappa shape index (κ2) is 6.60. The Bertz CT molecular complexity index is 973. The Hall–Kier alpha value is -2.62. The summed E-state index contributed by atoms with van der Waals surface area (Å²) in [6, 6.07) is 14.4. The van der Waals surface area contributed by atoms with Gasteiger partial charge in [-0.2, -0.15) is 0 Å². The predicted octanol–water partition coefficient (Wildman–Crippen LogP) is 4.58. The summed E-state index contributed by atoms with van der Waals surface area (Å²) in [7, 11) is 0. The van der Waals surface area contributed by atoms with Crippen LogP contribution >= 0.6 is 0 Å². The molecule has 4 rings (SSSR count). The highest BCUT2D eigenvalue weighted by atomic mass is 16.2. The zero-order valence-corrected chi connectivity index (χ0v) is 15.7. The molecule has 2 aromatic carbocycles. The van der Waals surface area contributed by atoms with Gasteiger partial charge >= 0.3 is 0 Å². The van der Waals surface area contributed by atoms with Crippen LogP contribution in [0, 0.1) is 13.8 Å². The highest BCUT2D eigenvalue weighted by Gasteiger charge is 2.35. The van der Waals surface area contributed by atoms with E-state index in [-0.39, 0.29) is 11.8 Å². The first-order valence-corrected chi connectivity index (χ1v) is 9.42. The molecule has 4 heteroatoms. The monoisotopic (exact) mass is 347 g/mol. The number of rotatable bonds is 4. The van der Waals surface area contributed by atoms with Crippen LogP contribution in [0.3, 0.4) is 0 Å². The Labute approximate surface area is 154 Å². The van der Waals surface area contributed by atoms with E-state index in [1.807, 2.05) is 17.0 Å². The number of imidazole rings is 1. The molecule has 1 aliphatic heterocycles. The average molecular weight is 347 g/mol. The molecule has 2 heterocycles. The minimum atomic E-state index is 0.140. The molecular weight excluding hydrogens is 322 g/mol. The summed E-state index contributed by atoms with van der Waals surface area (Å²) in [4.78, 5) is 19.6. The number of fused-ring (bicyclic) bond motifs is 1. The van der Waals surface area contributed by atoms with Crippen LogP contribution in [0.25, 0.3) is 11.0 Å². The third kappa shape index (κ3) is 2.70. The fourth-order valence-electron chi connectivity index (χ4n) is 4.01. The summed E-state index contributed by atoms with van der Waals surface area (Å²) in [5.41, 5.74) is 5.63. The summed E-state index contributed by atoms with van der Waals surface area (Å²) < 4.78 is 2.31. The lowest BCUT2D eigenvalue weighted by Gasteiger charge is -2.20. The molecule has 1 atom stereocenters. The third-order valence-corrected chi connectivity index (χ3v) is 5.49. The van der Waals surface area contributed by atoms with Gasteiger partial charge in [-0.3, -0.25) is 4.79 Å². The van der Waals surface area contributed by atoms with Crippen molar-refractivity contribution in [3.63, 3.8) is 0 Å². The topological polar surface area (TPSA) is 38.1 Å². The van der Waals surface area contributed by atoms with Crippen molar-refractivity contribution in [2.75, 3.05) is 11.4 Å². The van der Waals surface area contributed by atoms with Crippen molar-refractivity contribution in [2.24, 2.45) is 0 Å². The van der Waals surface area contributed by atoms with Gasteiger partial charge in [-0.15, -0.1) is 0 Å². The van der Waals surface area contributed by atoms with Crippen molar-refractivity contribution in [1.29, 1.82) is 0 Å². The van der Waals surface area contributed by atoms with Crippen molar-refractivity contribution in [3.05, 3.63) is 59.4 Å². The molecule has 1 unspecified atom stereocenters. The molecular formula is C22H25N3O. The zero-order valence-electron chi connectivity index (χ0n) is 15.7. The van der Waals surface area contributed by atoms with Crippen molar-refractivity contribution < 1.29 is 4.79 Å². The van der Waals surface area contributed by atoms with Crippen LogP contribution in [0.2, 0.25) is 0 Å². The lowest BCUT2D eigenvalue weighted by molar-refractivity contribution is -0.117. The molecule has 1 aliphatic rings. The SMILES string of the molecule is CCCn1c(C2CC(=O)N(c3cccc(C)c3C)C2)nc2ccccc21. The van der Waals surface area contributed by atoms with E-state index in [0.29, 0.717) is 13.0 Å². The van der Waals surface area contributed by atoms with Crippen LogP contribution in [0.5, 0.6) is 0 Å². The van der Waals surface area contributed by atoms with Crippen molar-refractivity contribution in [2.45, 2.75) is 46.1 Å². The third-order valence-electron chi connectivity index (χ3n) is 5.49. The molecule has 1 fully saturated rings. The lowest BCUT2D eigenvalue weighted by atomic mass is 10.1. The molecule has 134 valence electrons. The van der Waals surface area contributed by atoms with Gasteiger partial charge in [0, 0.05) is 31.1 Å². The maximum atomic E-state index is 12.8. The van der Waals surface area contributed by atoms with Crippen LogP contribution < -0.4 is 4.90 Å². The number of benzene rings is 2. The molecule has 0 radical (unpaired) electrons. The van der Waals surface area contributed by atoms with E-state index in [1.54, 1.807) is 0 Å². The Balaban J connectivity index is 1.72. The molecule has 1 aromatic heterocycles. The first kappa shape index (κ1) is 16.8. The summed E-state index contributed by atoms with van der Waals surface area (Å²) in [5.74, 6) is 1.38. The first-order chi connectivity index (χ1) is 12.6. The van der Waals surface area contributed by atoms with Crippen molar-refractivity contribution in [1.82, 2.24) is 9.55 Å². The smallest absolute Gasteiger partial charge is 0.227 e. The highest BCUT2D eigenvalue weighted by Crippen LogP contribution is 2.35. The molecule has 0 bridgehead atoms. The van der Waals surface area contributed by atoms with Gasteiger partial charge in [-0.05, 0) is 49.6 Å². The number of hydrogen-bond donors (Lipinski definition) is 0. The van der Waals surface area contributed by atoms with Gasteiger partial charge in [0.2, 0.25) is 5.91 Å². The van der Waals surface area contributed by atoms with Crippen molar-refractivity contribution in [3.8, 4) is 0 Å². The Morgan fingerprint density at radius 1 is 1.12 bits per heavy atom. The highest BCUT2D eigenvalue weighted by molar-refractivity contribution is 5.97. The average Bonchev–Trinajstić information content (AvgIpc) is 3.19. The van der Waals surface area contributed by atoms with E-state index in [1.165, 1.54) is 16.6 Å². The number of amides is 1. The number of hydrogen-bond acceptors (Lipinski definition) is 2. The number of anilines is 1.